The quantitative estimate of drug-likeness (QED) is 0.334. The molecule has 0 unspecified atom stereocenters. The molecular weight excluding hydrogens is 524 g/mol. The van der Waals surface area contributed by atoms with Crippen LogP contribution in [0.2, 0.25) is 0 Å². The van der Waals surface area contributed by atoms with Crippen LogP contribution in [0.3, 0.4) is 0 Å². The van der Waals surface area contributed by atoms with Crippen LogP contribution in [-0.2, 0) is 38.0 Å². The van der Waals surface area contributed by atoms with E-state index in [1.54, 1.807) is 19.9 Å². The number of rotatable bonds is 3. The average Bonchev–Trinajstić information content (AvgIpc) is 3.34. The molecule has 3 saturated heterocycles. The van der Waals surface area contributed by atoms with Gasteiger partial charge < -0.3 is 43.7 Å². The molecule has 13 atom stereocenters. The third kappa shape index (κ3) is 4.36. The zero-order chi connectivity index (χ0) is 28.6. The average molecular weight is 565 g/mol. The number of aliphatic hydroxyl groups is 3. The predicted molar refractivity (Wildman–Crippen MR) is 136 cm³/mol. The van der Waals surface area contributed by atoms with Crippen LogP contribution < -0.4 is 0 Å². The van der Waals surface area contributed by atoms with Gasteiger partial charge in [-0.15, -0.1) is 0 Å². The molecule has 0 amide bonds. The summed E-state index contributed by atoms with van der Waals surface area (Å²) in [4.78, 5) is 26.3. The number of methoxy groups -OCH3 is 1. The summed E-state index contributed by atoms with van der Waals surface area (Å²) in [6.07, 6.45) is 0.115. The van der Waals surface area contributed by atoms with Gasteiger partial charge in [-0.2, -0.15) is 0 Å². The van der Waals surface area contributed by atoms with E-state index < -0.39 is 77.9 Å². The lowest BCUT2D eigenvalue weighted by molar-refractivity contribution is -0.309. The van der Waals surface area contributed by atoms with E-state index in [-0.39, 0.29) is 18.6 Å². The minimum Gasteiger partial charge on any atom is -0.459 e. The summed E-state index contributed by atoms with van der Waals surface area (Å²) in [5.41, 5.74) is 1.08. The summed E-state index contributed by atoms with van der Waals surface area (Å²) in [6, 6.07) is 0. The number of hydrogen-bond acceptors (Lipinski definition) is 11. The number of allylic oxidation sites excluding steroid dienone is 1. The Balaban J connectivity index is 1.23. The minimum absolute atomic E-state index is 0.122. The molecule has 4 fully saturated rings. The van der Waals surface area contributed by atoms with Gasteiger partial charge in [0.1, 0.15) is 24.4 Å². The van der Waals surface area contributed by atoms with E-state index in [1.807, 2.05) is 6.08 Å². The monoisotopic (exact) mass is 564 g/mol. The van der Waals surface area contributed by atoms with Crippen molar-refractivity contribution in [2.45, 2.75) is 108 Å². The number of fused-ring (bicyclic) bond motifs is 3. The number of hydrogen-bond donors (Lipinski definition) is 3. The van der Waals surface area contributed by atoms with Crippen LogP contribution in [0, 0.1) is 23.2 Å². The molecule has 0 bridgehead atoms. The van der Waals surface area contributed by atoms with E-state index in [1.165, 1.54) is 7.11 Å². The van der Waals surface area contributed by atoms with Gasteiger partial charge in [0.2, 0.25) is 5.79 Å². The standard InChI is InChI=1S/C29H40O11/c1-13-22(31)24(35-4)23(32)27(37-13)38-15-8-9-28(2)14(10-15)11-18(30)20-17(28)7-5-6-16-21-19(39-26(20)34)12-36-29(21,3)40-25(16)33/h6,11,13,15,17-24,27,30-32H,5,7-10,12H2,1-4H3/b16-6-/t13-,15-,17+,18+,19+,20+,21+,22-,23-,24+,27+,28-,29-/m1/s1. The third-order valence-corrected chi connectivity index (χ3v) is 10.3. The molecule has 11 heteroatoms. The van der Waals surface area contributed by atoms with Gasteiger partial charge in [0.15, 0.2) is 6.29 Å². The van der Waals surface area contributed by atoms with Crippen molar-refractivity contribution in [3.05, 3.63) is 23.3 Å². The highest BCUT2D eigenvalue weighted by atomic mass is 16.7. The molecule has 11 nitrogen and oxygen atoms in total. The van der Waals surface area contributed by atoms with Crippen LogP contribution in [0.15, 0.2) is 23.3 Å². The Morgan fingerprint density at radius 3 is 2.62 bits per heavy atom. The van der Waals surface area contributed by atoms with Gasteiger partial charge in [-0.1, -0.05) is 24.6 Å². The van der Waals surface area contributed by atoms with Crippen molar-refractivity contribution in [1.29, 1.82) is 0 Å². The van der Waals surface area contributed by atoms with Gasteiger partial charge in [0.05, 0.1) is 36.8 Å². The minimum atomic E-state index is -1.16. The van der Waals surface area contributed by atoms with Crippen molar-refractivity contribution in [2.75, 3.05) is 13.7 Å². The molecule has 1 saturated carbocycles. The van der Waals surface area contributed by atoms with Crippen molar-refractivity contribution in [1.82, 2.24) is 0 Å². The first-order valence-corrected chi connectivity index (χ1v) is 14.3. The van der Waals surface area contributed by atoms with Gasteiger partial charge >= 0.3 is 11.9 Å². The fourth-order valence-electron chi connectivity index (χ4n) is 8.00. The second-order valence-electron chi connectivity index (χ2n) is 12.5. The summed E-state index contributed by atoms with van der Waals surface area (Å²) in [7, 11) is 1.43. The Labute approximate surface area is 233 Å². The molecule has 2 aliphatic carbocycles. The van der Waals surface area contributed by atoms with E-state index in [0.29, 0.717) is 37.7 Å². The van der Waals surface area contributed by atoms with E-state index >= 15 is 0 Å². The first-order chi connectivity index (χ1) is 19.0. The van der Waals surface area contributed by atoms with Crippen molar-refractivity contribution in [3.63, 3.8) is 0 Å². The van der Waals surface area contributed by atoms with E-state index in [0.717, 1.165) is 5.57 Å². The number of carbonyl (C=O) groups excluding carboxylic acids is 2. The van der Waals surface area contributed by atoms with Crippen LogP contribution in [0.4, 0.5) is 0 Å². The first kappa shape index (κ1) is 28.3. The summed E-state index contributed by atoms with van der Waals surface area (Å²) in [5.74, 6) is -3.54. The Morgan fingerprint density at radius 2 is 1.88 bits per heavy atom. The maximum Gasteiger partial charge on any atom is 0.336 e. The van der Waals surface area contributed by atoms with Crippen LogP contribution in [0.1, 0.15) is 52.9 Å². The van der Waals surface area contributed by atoms with Crippen molar-refractivity contribution < 1.29 is 53.3 Å². The summed E-state index contributed by atoms with van der Waals surface area (Å²) in [5, 5.41) is 32.3. The zero-order valence-electron chi connectivity index (χ0n) is 23.4. The van der Waals surface area contributed by atoms with Gasteiger partial charge in [-0.3, -0.25) is 4.79 Å². The lowest BCUT2D eigenvalue weighted by Crippen LogP contribution is -2.59. The molecule has 0 aromatic carbocycles. The smallest absolute Gasteiger partial charge is 0.336 e. The summed E-state index contributed by atoms with van der Waals surface area (Å²) >= 11 is 0. The van der Waals surface area contributed by atoms with Crippen LogP contribution >= 0.6 is 0 Å². The first-order valence-electron chi connectivity index (χ1n) is 14.3. The third-order valence-electron chi connectivity index (χ3n) is 10.3. The molecule has 4 heterocycles. The summed E-state index contributed by atoms with van der Waals surface area (Å²) < 4.78 is 34.5. The fraction of sp³-hybridized carbons (Fsp3) is 0.793. The van der Waals surface area contributed by atoms with Crippen molar-refractivity contribution in [2.24, 2.45) is 23.2 Å². The second kappa shape index (κ2) is 10.1. The van der Waals surface area contributed by atoms with E-state index in [9.17, 15) is 24.9 Å². The van der Waals surface area contributed by atoms with Crippen LogP contribution in [0.25, 0.3) is 0 Å². The van der Waals surface area contributed by atoms with Gasteiger partial charge in [0.25, 0.3) is 0 Å². The molecule has 6 aliphatic rings. The van der Waals surface area contributed by atoms with E-state index in [2.05, 4.69) is 6.92 Å². The SMILES string of the molecule is CO[C@@H]1[C@@H](O)[C@H](O[C@@H]2CC[C@]3(C)C(=C[C@H](O)[C@H]4C(=O)O[C@H]5CO[C@]6(C)OC(=O)/C(=C\CC[C@@H]43)[C@@H]56)C2)O[C@H](C)[C@H]1O. The van der Waals surface area contributed by atoms with Crippen molar-refractivity contribution >= 4 is 11.9 Å². The molecule has 222 valence electrons. The highest BCUT2D eigenvalue weighted by Crippen LogP contribution is 2.56. The Morgan fingerprint density at radius 1 is 1.10 bits per heavy atom. The van der Waals surface area contributed by atoms with Gasteiger partial charge in [-0.25, -0.2) is 4.79 Å². The molecule has 3 N–H and O–H groups in total. The molecule has 0 aromatic heterocycles. The van der Waals surface area contributed by atoms with Crippen molar-refractivity contribution in [3.8, 4) is 0 Å². The van der Waals surface area contributed by atoms with Crippen LogP contribution in [-0.4, -0.2) is 95.8 Å². The number of esters is 2. The zero-order valence-corrected chi connectivity index (χ0v) is 23.4. The molecule has 4 aliphatic heterocycles. The topological polar surface area (TPSA) is 150 Å². The van der Waals surface area contributed by atoms with Crippen LogP contribution in [0.5, 0.6) is 0 Å². The summed E-state index contributed by atoms with van der Waals surface area (Å²) in [6.45, 7) is 5.65. The lowest BCUT2D eigenvalue weighted by atomic mass is 9.55. The normalized spacial score (nSPS) is 51.8. The van der Waals surface area contributed by atoms with Gasteiger partial charge in [-0.05, 0) is 50.4 Å². The maximum atomic E-state index is 13.6. The van der Waals surface area contributed by atoms with E-state index in [4.69, 9.17) is 28.4 Å². The number of ether oxygens (including phenoxy) is 6. The highest BCUT2D eigenvalue weighted by molar-refractivity contribution is 5.92. The molecular formula is C29H40O11. The molecule has 0 radical (unpaired) electrons. The Kier molecular flexibility index (Phi) is 7.17. The lowest BCUT2D eigenvalue weighted by Gasteiger charge is -2.52. The van der Waals surface area contributed by atoms with Gasteiger partial charge in [0, 0.05) is 19.6 Å². The second-order valence-corrected chi connectivity index (χ2v) is 12.5. The Bertz CT molecular complexity index is 1100. The highest BCUT2D eigenvalue weighted by Gasteiger charge is 2.61. The largest absolute Gasteiger partial charge is 0.459 e. The number of aliphatic hydroxyl groups excluding tert-OH is 3. The molecule has 6 rings (SSSR count). The molecule has 0 aromatic rings. The maximum absolute atomic E-state index is 13.6. The number of carbonyl (C=O) groups is 2. The molecule has 40 heavy (non-hydrogen) atoms. The predicted octanol–water partition coefficient (Wildman–Crippen LogP) is 1.13. The Hall–Kier alpha value is -1.86. The fourth-order valence-corrected chi connectivity index (χ4v) is 8.00. The molecule has 0 spiro atoms.